The Labute approximate surface area is 121 Å². The largest absolute Gasteiger partial charge is 0.481 e. The van der Waals surface area contributed by atoms with Crippen LogP contribution in [0, 0.1) is 0 Å². The summed E-state index contributed by atoms with van der Waals surface area (Å²) in [6.07, 6.45) is 1.73. The first-order valence-electron chi connectivity index (χ1n) is 6.64. The molecule has 0 aliphatic rings. The summed E-state index contributed by atoms with van der Waals surface area (Å²) >= 11 is 0. The minimum Gasteiger partial charge on any atom is -0.481 e. The second kappa shape index (κ2) is 6.85. The first-order valence-corrected chi connectivity index (χ1v) is 6.64. The fourth-order valence-electron chi connectivity index (χ4n) is 2.10. The van der Waals surface area contributed by atoms with Crippen molar-refractivity contribution in [3.05, 3.63) is 30.5 Å². The molecule has 0 saturated heterocycles. The Morgan fingerprint density at radius 2 is 2.00 bits per heavy atom. The summed E-state index contributed by atoms with van der Waals surface area (Å²) in [5, 5.41) is 25.9. The molecule has 0 amide bonds. The van der Waals surface area contributed by atoms with Gasteiger partial charge in [-0.05, 0) is 6.07 Å². The van der Waals surface area contributed by atoms with Crippen molar-refractivity contribution >= 4 is 22.8 Å². The number of aliphatic carboxylic acids is 2. The van der Waals surface area contributed by atoms with E-state index in [1.54, 1.807) is 4.68 Å². The van der Waals surface area contributed by atoms with Crippen LogP contribution in [0.3, 0.4) is 0 Å². The normalized spacial score (nSPS) is 12.4. The zero-order valence-corrected chi connectivity index (χ0v) is 11.4. The van der Waals surface area contributed by atoms with Gasteiger partial charge < -0.3 is 15.5 Å². The molecule has 0 saturated carbocycles. The molecule has 1 heterocycles. The van der Waals surface area contributed by atoms with Gasteiger partial charge in [0.1, 0.15) is 0 Å². The summed E-state index contributed by atoms with van der Waals surface area (Å²) < 4.78 is 1.63. The van der Waals surface area contributed by atoms with E-state index >= 15 is 0 Å². The van der Waals surface area contributed by atoms with Gasteiger partial charge >= 0.3 is 11.9 Å². The lowest BCUT2D eigenvalue weighted by Crippen LogP contribution is -2.29. The second-order valence-electron chi connectivity index (χ2n) is 4.77. The quantitative estimate of drug-likeness (QED) is 0.629. The number of carbonyl (C=O) groups is 2. The molecule has 0 fully saturated rings. The molecule has 2 rings (SSSR count). The summed E-state index contributed by atoms with van der Waals surface area (Å²) in [7, 11) is 0. The molecule has 0 aliphatic heterocycles. The van der Waals surface area contributed by atoms with Crippen LogP contribution in [0.5, 0.6) is 0 Å². The topological polar surface area (TPSA) is 104 Å². The van der Waals surface area contributed by atoms with Crippen molar-refractivity contribution in [1.82, 2.24) is 15.1 Å². The Morgan fingerprint density at radius 3 is 2.67 bits per heavy atom. The third-order valence-corrected chi connectivity index (χ3v) is 3.11. The predicted octanol–water partition coefficient (Wildman–Crippen LogP) is 1.12. The highest BCUT2D eigenvalue weighted by Gasteiger charge is 2.16. The minimum atomic E-state index is -0.917. The molecule has 0 bridgehead atoms. The number of carboxylic acids is 2. The molecule has 0 aliphatic carbocycles. The van der Waals surface area contributed by atoms with E-state index in [0.717, 1.165) is 10.9 Å². The maximum Gasteiger partial charge on any atom is 0.305 e. The van der Waals surface area contributed by atoms with Gasteiger partial charge in [0.05, 0.1) is 24.4 Å². The SMILES string of the molecule is O=C(O)CCNCC(CC(=O)O)n1cc2ccccc2n1. The Balaban J connectivity index is 2.07. The number of hydrogen-bond donors (Lipinski definition) is 3. The lowest BCUT2D eigenvalue weighted by molar-refractivity contribution is -0.138. The van der Waals surface area contributed by atoms with E-state index in [2.05, 4.69) is 10.4 Å². The van der Waals surface area contributed by atoms with Gasteiger partial charge in [-0.1, -0.05) is 18.2 Å². The van der Waals surface area contributed by atoms with Crippen LogP contribution in [-0.4, -0.2) is 45.0 Å². The van der Waals surface area contributed by atoms with Gasteiger partial charge in [0, 0.05) is 24.7 Å². The Kier molecular flexibility index (Phi) is 4.89. The first-order chi connectivity index (χ1) is 10.1. The summed E-state index contributed by atoms with van der Waals surface area (Å²) in [5.41, 5.74) is 0.804. The highest BCUT2D eigenvalue weighted by molar-refractivity contribution is 5.77. The van der Waals surface area contributed by atoms with E-state index < -0.39 is 11.9 Å². The fraction of sp³-hybridized carbons (Fsp3) is 0.357. The Bertz CT molecular complexity index is 605. The van der Waals surface area contributed by atoms with Crippen LogP contribution in [0.4, 0.5) is 0 Å². The van der Waals surface area contributed by atoms with Crippen molar-refractivity contribution in [1.29, 1.82) is 0 Å². The van der Waals surface area contributed by atoms with Crippen LogP contribution in [0.2, 0.25) is 0 Å². The van der Waals surface area contributed by atoms with E-state index in [1.807, 2.05) is 30.5 Å². The van der Waals surface area contributed by atoms with E-state index in [-0.39, 0.29) is 18.9 Å². The van der Waals surface area contributed by atoms with Gasteiger partial charge in [0.2, 0.25) is 0 Å². The average molecular weight is 291 g/mol. The average Bonchev–Trinajstić information content (AvgIpc) is 2.85. The van der Waals surface area contributed by atoms with Gasteiger partial charge in [0.25, 0.3) is 0 Å². The monoisotopic (exact) mass is 291 g/mol. The molecule has 7 nitrogen and oxygen atoms in total. The summed E-state index contributed by atoms with van der Waals surface area (Å²) in [5.74, 6) is -1.80. The number of fused-ring (bicyclic) bond motifs is 1. The molecule has 1 aromatic heterocycles. The van der Waals surface area contributed by atoms with Crippen molar-refractivity contribution in [2.75, 3.05) is 13.1 Å². The number of hydrogen-bond acceptors (Lipinski definition) is 4. The van der Waals surface area contributed by atoms with Crippen molar-refractivity contribution < 1.29 is 19.8 Å². The summed E-state index contributed by atoms with van der Waals surface area (Å²) in [6, 6.07) is 7.18. The van der Waals surface area contributed by atoms with E-state index in [0.29, 0.717) is 13.1 Å². The molecule has 7 heteroatoms. The van der Waals surface area contributed by atoms with Gasteiger partial charge in [-0.3, -0.25) is 14.3 Å². The standard InChI is InChI=1S/C14H17N3O4/c18-13(19)5-6-15-8-11(7-14(20)21)17-9-10-3-1-2-4-12(10)16-17/h1-4,9,11,15H,5-8H2,(H,18,19)(H,20,21). The van der Waals surface area contributed by atoms with Crippen molar-refractivity contribution in [2.24, 2.45) is 0 Å². The van der Waals surface area contributed by atoms with Crippen LogP contribution in [0.15, 0.2) is 30.5 Å². The van der Waals surface area contributed by atoms with Crippen LogP contribution in [0.25, 0.3) is 10.9 Å². The summed E-state index contributed by atoms with van der Waals surface area (Å²) in [4.78, 5) is 21.4. The molecular weight excluding hydrogens is 274 g/mol. The number of aromatic nitrogens is 2. The lowest BCUT2D eigenvalue weighted by atomic mass is 10.2. The van der Waals surface area contributed by atoms with Crippen molar-refractivity contribution in [2.45, 2.75) is 18.9 Å². The minimum absolute atomic E-state index is 0.000867. The van der Waals surface area contributed by atoms with Crippen LogP contribution < -0.4 is 5.32 Å². The molecule has 1 unspecified atom stereocenters. The number of nitrogens with one attached hydrogen (secondary N) is 1. The van der Waals surface area contributed by atoms with Crippen molar-refractivity contribution in [3.8, 4) is 0 Å². The first kappa shape index (κ1) is 15.0. The molecule has 21 heavy (non-hydrogen) atoms. The number of carboxylic acid groups (broad SMARTS) is 2. The molecule has 1 atom stereocenters. The van der Waals surface area contributed by atoms with E-state index in [9.17, 15) is 9.59 Å². The van der Waals surface area contributed by atoms with Gasteiger partial charge in [-0.15, -0.1) is 0 Å². The van der Waals surface area contributed by atoms with Crippen LogP contribution in [0.1, 0.15) is 18.9 Å². The third kappa shape index (κ3) is 4.28. The number of rotatable bonds is 8. The zero-order chi connectivity index (χ0) is 15.2. The molecule has 0 spiro atoms. The van der Waals surface area contributed by atoms with Crippen molar-refractivity contribution in [3.63, 3.8) is 0 Å². The molecular formula is C14H17N3O4. The molecule has 2 aromatic rings. The molecule has 0 radical (unpaired) electrons. The maximum absolute atomic E-state index is 11.0. The summed E-state index contributed by atoms with van der Waals surface area (Å²) in [6.45, 7) is 0.653. The van der Waals surface area contributed by atoms with E-state index in [1.165, 1.54) is 0 Å². The van der Waals surface area contributed by atoms with E-state index in [4.69, 9.17) is 10.2 Å². The second-order valence-corrected chi connectivity index (χ2v) is 4.77. The third-order valence-electron chi connectivity index (χ3n) is 3.11. The Hall–Kier alpha value is -2.41. The highest BCUT2D eigenvalue weighted by Crippen LogP contribution is 2.16. The fourth-order valence-corrected chi connectivity index (χ4v) is 2.10. The number of nitrogens with zero attached hydrogens (tertiary/aromatic N) is 2. The zero-order valence-electron chi connectivity index (χ0n) is 11.4. The van der Waals surface area contributed by atoms with Crippen LogP contribution >= 0.6 is 0 Å². The van der Waals surface area contributed by atoms with Gasteiger partial charge in [-0.25, -0.2) is 0 Å². The molecule has 112 valence electrons. The smallest absolute Gasteiger partial charge is 0.305 e. The van der Waals surface area contributed by atoms with Gasteiger partial charge in [0.15, 0.2) is 0 Å². The predicted molar refractivity (Wildman–Crippen MR) is 76.1 cm³/mol. The maximum atomic E-state index is 11.0. The Morgan fingerprint density at radius 1 is 1.24 bits per heavy atom. The number of benzene rings is 1. The molecule has 3 N–H and O–H groups in total. The van der Waals surface area contributed by atoms with Gasteiger partial charge in [-0.2, -0.15) is 5.10 Å². The lowest BCUT2D eigenvalue weighted by Gasteiger charge is -2.16. The van der Waals surface area contributed by atoms with Crippen LogP contribution in [-0.2, 0) is 9.59 Å². The molecule has 1 aromatic carbocycles. The highest BCUT2D eigenvalue weighted by atomic mass is 16.4.